The predicted octanol–water partition coefficient (Wildman–Crippen LogP) is 4.35. The quantitative estimate of drug-likeness (QED) is 0.760. The summed E-state index contributed by atoms with van der Waals surface area (Å²) in [5, 5.41) is 1.12. The summed E-state index contributed by atoms with van der Waals surface area (Å²) in [7, 11) is 0. The first-order valence-electron chi connectivity index (χ1n) is 6.51. The van der Waals surface area contributed by atoms with Gasteiger partial charge in [0, 0.05) is 16.1 Å². The van der Waals surface area contributed by atoms with Gasteiger partial charge in [0.2, 0.25) is 0 Å². The van der Waals surface area contributed by atoms with E-state index in [1.165, 1.54) is 5.56 Å². The Morgan fingerprint density at radius 1 is 1.05 bits per heavy atom. The van der Waals surface area contributed by atoms with E-state index in [0.29, 0.717) is 0 Å². The number of halogens is 1. The smallest absolute Gasteiger partial charge is 0.0702 e. The maximum Gasteiger partial charge on any atom is 0.0702 e. The minimum atomic E-state index is -0.163. The average Bonchev–Trinajstić information content (AvgIpc) is 2.49. The second kappa shape index (κ2) is 5.35. The molecular weight excluding hydrogens is 312 g/mol. The van der Waals surface area contributed by atoms with Crippen LogP contribution in [-0.2, 0) is 0 Å². The molecule has 0 aliphatic heterocycles. The molecule has 3 aromatic rings. The number of aryl methyl sites for hydroxylation is 1. The molecule has 20 heavy (non-hydrogen) atoms. The first-order valence-corrected chi connectivity index (χ1v) is 7.31. The Hall–Kier alpha value is -1.71. The summed E-state index contributed by atoms with van der Waals surface area (Å²) in [6.45, 7) is 2.07. The molecule has 0 saturated carbocycles. The summed E-state index contributed by atoms with van der Waals surface area (Å²) in [6, 6.07) is 16.2. The van der Waals surface area contributed by atoms with Crippen molar-refractivity contribution in [3.8, 4) is 0 Å². The Kier molecular flexibility index (Phi) is 3.55. The number of aromatic nitrogens is 1. The first-order chi connectivity index (χ1) is 9.65. The third-order valence-electron chi connectivity index (χ3n) is 3.53. The number of rotatable bonds is 2. The van der Waals surface area contributed by atoms with Gasteiger partial charge < -0.3 is 5.73 Å². The number of hydrogen-bond donors (Lipinski definition) is 1. The van der Waals surface area contributed by atoms with Crippen LogP contribution in [0.1, 0.15) is 22.7 Å². The molecule has 0 aliphatic rings. The highest BCUT2D eigenvalue weighted by molar-refractivity contribution is 9.10. The van der Waals surface area contributed by atoms with E-state index < -0.39 is 0 Å². The van der Waals surface area contributed by atoms with Crippen molar-refractivity contribution in [2.75, 3.05) is 0 Å². The molecule has 0 radical (unpaired) electrons. The largest absolute Gasteiger partial charge is 0.320 e. The van der Waals surface area contributed by atoms with Gasteiger partial charge in [-0.25, -0.2) is 0 Å². The van der Waals surface area contributed by atoms with Crippen molar-refractivity contribution in [3.63, 3.8) is 0 Å². The van der Waals surface area contributed by atoms with E-state index in [1.807, 2.05) is 24.4 Å². The summed E-state index contributed by atoms with van der Waals surface area (Å²) in [6.07, 6.45) is 1.86. The zero-order chi connectivity index (χ0) is 14.1. The van der Waals surface area contributed by atoms with Gasteiger partial charge in [0.15, 0.2) is 0 Å². The van der Waals surface area contributed by atoms with Crippen molar-refractivity contribution in [3.05, 3.63) is 75.9 Å². The SMILES string of the molecule is Cc1ccc(C(N)c2cnc3ccccc3c2)cc1Br. The highest BCUT2D eigenvalue weighted by atomic mass is 79.9. The van der Waals surface area contributed by atoms with Gasteiger partial charge >= 0.3 is 0 Å². The van der Waals surface area contributed by atoms with E-state index >= 15 is 0 Å². The summed E-state index contributed by atoms with van der Waals surface area (Å²) >= 11 is 3.56. The number of benzene rings is 2. The molecular formula is C17H15BrN2. The van der Waals surface area contributed by atoms with Gasteiger partial charge in [0.1, 0.15) is 0 Å². The Morgan fingerprint density at radius 2 is 1.85 bits per heavy atom. The third-order valence-corrected chi connectivity index (χ3v) is 4.38. The van der Waals surface area contributed by atoms with Crippen molar-refractivity contribution in [1.29, 1.82) is 0 Å². The van der Waals surface area contributed by atoms with Crippen molar-refractivity contribution in [2.24, 2.45) is 5.73 Å². The molecule has 2 aromatic carbocycles. The lowest BCUT2D eigenvalue weighted by atomic mass is 9.99. The number of fused-ring (bicyclic) bond motifs is 1. The average molecular weight is 327 g/mol. The molecule has 1 heterocycles. The van der Waals surface area contributed by atoms with Crippen LogP contribution in [0, 0.1) is 6.92 Å². The first kappa shape index (κ1) is 13.3. The van der Waals surface area contributed by atoms with E-state index in [2.05, 4.69) is 58.2 Å². The molecule has 100 valence electrons. The fraction of sp³-hybridized carbons (Fsp3) is 0.118. The van der Waals surface area contributed by atoms with Crippen LogP contribution in [0.4, 0.5) is 0 Å². The molecule has 0 bridgehead atoms. The van der Waals surface area contributed by atoms with Crippen LogP contribution < -0.4 is 5.73 Å². The van der Waals surface area contributed by atoms with Gasteiger partial charge in [-0.1, -0.05) is 46.3 Å². The molecule has 3 heteroatoms. The molecule has 2 N–H and O–H groups in total. The van der Waals surface area contributed by atoms with Crippen molar-refractivity contribution in [1.82, 2.24) is 4.98 Å². The van der Waals surface area contributed by atoms with Gasteiger partial charge in [-0.15, -0.1) is 0 Å². The fourth-order valence-electron chi connectivity index (χ4n) is 2.25. The Labute approximate surface area is 126 Å². The number of pyridine rings is 1. The van der Waals surface area contributed by atoms with Crippen molar-refractivity contribution >= 4 is 26.8 Å². The fourth-order valence-corrected chi connectivity index (χ4v) is 2.65. The van der Waals surface area contributed by atoms with Gasteiger partial charge in [-0.3, -0.25) is 4.98 Å². The Balaban J connectivity index is 2.02. The van der Waals surface area contributed by atoms with E-state index in [9.17, 15) is 0 Å². The number of para-hydroxylation sites is 1. The van der Waals surface area contributed by atoms with E-state index in [4.69, 9.17) is 5.73 Å². The van der Waals surface area contributed by atoms with Crippen LogP contribution in [0.5, 0.6) is 0 Å². The van der Waals surface area contributed by atoms with Crippen LogP contribution in [0.15, 0.2) is 59.2 Å². The molecule has 0 fully saturated rings. The molecule has 0 spiro atoms. The monoisotopic (exact) mass is 326 g/mol. The summed E-state index contributed by atoms with van der Waals surface area (Å²) in [5.74, 6) is 0. The molecule has 1 atom stereocenters. The Bertz CT molecular complexity index is 768. The van der Waals surface area contributed by atoms with E-state index in [0.717, 1.165) is 26.5 Å². The zero-order valence-corrected chi connectivity index (χ0v) is 12.8. The van der Waals surface area contributed by atoms with Gasteiger partial charge in [0.25, 0.3) is 0 Å². The zero-order valence-electron chi connectivity index (χ0n) is 11.2. The van der Waals surface area contributed by atoms with Crippen LogP contribution >= 0.6 is 15.9 Å². The van der Waals surface area contributed by atoms with Crippen molar-refractivity contribution < 1.29 is 0 Å². The highest BCUT2D eigenvalue weighted by Gasteiger charge is 2.11. The lowest BCUT2D eigenvalue weighted by molar-refractivity contribution is 0.865. The number of nitrogens with zero attached hydrogens (tertiary/aromatic N) is 1. The lowest BCUT2D eigenvalue weighted by Crippen LogP contribution is -2.12. The molecule has 0 saturated heterocycles. The van der Waals surface area contributed by atoms with E-state index in [1.54, 1.807) is 0 Å². The van der Waals surface area contributed by atoms with Crippen LogP contribution in [0.3, 0.4) is 0 Å². The second-order valence-electron chi connectivity index (χ2n) is 4.95. The molecule has 2 nitrogen and oxygen atoms in total. The molecule has 1 unspecified atom stereocenters. The lowest BCUT2D eigenvalue weighted by Gasteiger charge is -2.14. The third kappa shape index (κ3) is 2.47. The standard InChI is InChI=1S/C17H15BrN2/c1-11-6-7-13(9-15(11)18)17(19)14-8-12-4-2-3-5-16(12)20-10-14/h2-10,17H,19H2,1H3. The Morgan fingerprint density at radius 3 is 2.65 bits per heavy atom. The summed E-state index contributed by atoms with van der Waals surface area (Å²) in [4.78, 5) is 4.48. The maximum atomic E-state index is 6.37. The highest BCUT2D eigenvalue weighted by Crippen LogP contribution is 2.26. The second-order valence-corrected chi connectivity index (χ2v) is 5.80. The van der Waals surface area contributed by atoms with Crippen molar-refractivity contribution in [2.45, 2.75) is 13.0 Å². The van der Waals surface area contributed by atoms with Gasteiger partial charge in [-0.2, -0.15) is 0 Å². The van der Waals surface area contributed by atoms with Gasteiger partial charge in [0.05, 0.1) is 11.6 Å². The molecule has 0 aliphatic carbocycles. The normalized spacial score (nSPS) is 12.6. The number of hydrogen-bond acceptors (Lipinski definition) is 2. The predicted molar refractivity (Wildman–Crippen MR) is 86.7 cm³/mol. The summed E-state index contributed by atoms with van der Waals surface area (Å²) < 4.78 is 1.08. The van der Waals surface area contributed by atoms with Crippen LogP contribution in [0.2, 0.25) is 0 Å². The number of nitrogens with two attached hydrogens (primary N) is 1. The van der Waals surface area contributed by atoms with Gasteiger partial charge in [-0.05, 0) is 41.8 Å². The summed E-state index contributed by atoms with van der Waals surface area (Å²) in [5.41, 5.74) is 10.7. The van der Waals surface area contributed by atoms with E-state index in [-0.39, 0.29) is 6.04 Å². The molecule has 0 amide bonds. The maximum absolute atomic E-state index is 6.37. The minimum Gasteiger partial charge on any atom is -0.320 e. The topological polar surface area (TPSA) is 38.9 Å². The minimum absolute atomic E-state index is 0.163. The molecule has 3 rings (SSSR count). The molecule has 1 aromatic heterocycles. The van der Waals surface area contributed by atoms with Crippen LogP contribution in [0.25, 0.3) is 10.9 Å². The van der Waals surface area contributed by atoms with Crippen LogP contribution in [-0.4, -0.2) is 4.98 Å².